The molecule has 18 heteroatoms. The van der Waals surface area contributed by atoms with Gasteiger partial charge in [-0.2, -0.15) is 25.3 Å². The molecule has 12 nitrogen and oxygen atoms in total. The van der Waals surface area contributed by atoms with Crippen LogP contribution in [0.2, 0.25) is 0 Å². The maximum atomic E-state index is 11.5. The molecule has 0 saturated heterocycles. The van der Waals surface area contributed by atoms with E-state index < -0.39 is 66.4 Å². The van der Waals surface area contributed by atoms with Crippen LogP contribution < -0.4 is 0 Å². The summed E-state index contributed by atoms with van der Waals surface area (Å²) in [6.07, 6.45) is 0. The van der Waals surface area contributed by atoms with Crippen molar-refractivity contribution >= 4 is 135 Å². The molecule has 0 amide bonds. The van der Waals surface area contributed by atoms with Gasteiger partial charge in [0.25, 0.3) is 36.0 Å². The number of nitrogens with zero attached hydrogens (tertiary/aromatic N) is 1. The van der Waals surface area contributed by atoms with Crippen LogP contribution in [0.25, 0.3) is 10.8 Å². The topological polar surface area (TPSA) is 206 Å². The second kappa shape index (κ2) is 10.4. The Hall–Kier alpha value is 0.830. The molecular weight excluding hydrogens is 475 g/mol. The minimum absolute atomic E-state index is 0. The third-order valence-electron chi connectivity index (χ3n) is 3.01. The fourth-order valence-electron chi connectivity index (χ4n) is 2.05. The van der Waals surface area contributed by atoms with Gasteiger partial charge < -0.3 is 0 Å². The zero-order valence-electron chi connectivity index (χ0n) is 11.6. The summed E-state index contributed by atoms with van der Waals surface area (Å²) in [6, 6.07) is 1.69. The van der Waals surface area contributed by atoms with Gasteiger partial charge in [0.2, 0.25) is 0 Å². The third-order valence-corrected chi connectivity index (χ3v) is 5.55. The summed E-state index contributed by atoms with van der Waals surface area (Å²) in [7, 11) is -15.2. The van der Waals surface area contributed by atoms with Crippen LogP contribution in [0.4, 0.5) is 5.69 Å². The number of rotatable bonds is 4. The molecule has 0 radical (unpaired) electrons. The van der Waals surface area contributed by atoms with E-state index in [1.165, 1.54) is 0 Å². The Balaban J connectivity index is 0. The molecule has 0 bridgehead atoms. The summed E-state index contributed by atoms with van der Waals surface area (Å²) >= 11 is 0. The molecule has 28 heavy (non-hydrogen) atoms. The first-order valence-corrected chi connectivity index (χ1v) is 10.1. The summed E-state index contributed by atoms with van der Waals surface area (Å²) in [4.78, 5) is 6.60. The number of hydrogen-bond donors (Lipinski definition) is 3. The van der Waals surface area contributed by atoms with Gasteiger partial charge >= 0.3 is 88.7 Å². The normalized spacial score (nSPS) is 11.7. The van der Waals surface area contributed by atoms with Crippen molar-refractivity contribution in [1.82, 2.24) is 0 Å². The van der Waals surface area contributed by atoms with Crippen LogP contribution in [-0.4, -0.2) is 133 Å². The molecule has 3 N–H and O–H groups in total. The van der Waals surface area contributed by atoms with Crippen molar-refractivity contribution in [2.24, 2.45) is 0 Å². The number of hydrogen-bond acceptors (Lipinski definition) is 8. The minimum atomic E-state index is -5.21. The Labute approximate surface area is 225 Å². The molecule has 2 aromatic carbocycles. The molecular formula is C10H10NNa3O11S3. The van der Waals surface area contributed by atoms with E-state index in [2.05, 4.69) is 0 Å². The quantitative estimate of drug-likeness (QED) is 0.197. The Morgan fingerprint density at radius 3 is 1.43 bits per heavy atom. The van der Waals surface area contributed by atoms with Gasteiger partial charge in [-0.1, -0.05) is 0 Å². The van der Waals surface area contributed by atoms with E-state index in [1.807, 2.05) is 0 Å². The van der Waals surface area contributed by atoms with Gasteiger partial charge in [0.15, 0.2) is 0 Å². The van der Waals surface area contributed by atoms with E-state index >= 15 is 0 Å². The molecule has 2 rings (SSSR count). The van der Waals surface area contributed by atoms with Crippen LogP contribution in [0.15, 0.2) is 39.0 Å². The van der Waals surface area contributed by atoms with Crippen molar-refractivity contribution in [3.63, 3.8) is 0 Å². The molecule has 0 heterocycles. The van der Waals surface area contributed by atoms with Gasteiger partial charge in [0, 0.05) is 6.07 Å². The van der Waals surface area contributed by atoms with Crippen molar-refractivity contribution < 1.29 is 43.8 Å². The van der Waals surface area contributed by atoms with Gasteiger partial charge in [-0.15, -0.1) is 0 Å². The number of nitro benzene ring substituents is 1. The molecule has 0 fully saturated rings. The summed E-state index contributed by atoms with van der Waals surface area (Å²) in [5.41, 5.74) is -1.14. The molecule has 0 saturated carbocycles. The standard InChI is InChI=1S/C10H7NO11S3.3Na.3H/c12-11(13)8-3-6(23(14,15)16)1-5-2-7(24(17,18)19)4-9(10(5)8)25(20,21)22;;;;;;/h1-4H,(H,14,15,16)(H,17,18,19)(H,20,21,22);;;;;;. The van der Waals surface area contributed by atoms with Crippen LogP contribution >= 0.6 is 0 Å². The second-order valence-corrected chi connectivity index (χ2v) is 8.88. The number of fused-ring (bicyclic) bond motifs is 1. The van der Waals surface area contributed by atoms with E-state index in [0.717, 1.165) is 0 Å². The molecule has 0 spiro atoms. The fraction of sp³-hybridized carbons (Fsp3) is 0. The fourth-order valence-corrected chi connectivity index (χ4v) is 3.96. The van der Waals surface area contributed by atoms with Crippen molar-refractivity contribution in [1.29, 1.82) is 0 Å². The predicted molar refractivity (Wildman–Crippen MR) is 101 cm³/mol. The molecule has 0 aliphatic heterocycles. The first-order chi connectivity index (χ1) is 11.1. The van der Waals surface area contributed by atoms with Gasteiger partial charge in [0.1, 0.15) is 9.79 Å². The molecule has 0 aromatic heterocycles. The van der Waals surface area contributed by atoms with Crippen molar-refractivity contribution in [3.8, 4) is 0 Å². The average Bonchev–Trinajstić information content (AvgIpc) is 2.41. The Kier molecular flexibility index (Phi) is 11.6. The molecule has 142 valence electrons. The van der Waals surface area contributed by atoms with Crippen LogP contribution in [0, 0.1) is 10.1 Å². The zero-order chi connectivity index (χ0) is 19.4. The molecule has 0 aliphatic rings. The number of benzene rings is 2. The monoisotopic (exact) mass is 485 g/mol. The predicted octanol–water partition coefficient (Wildman–Crippen LogP) is -1.46. The molecule has 0 unspecified atom stereocenters. The molecule has 2 aromatic rings. The van der Waals surface area contributed by atoms with E-state index in [1.54, 1.807) is 0 Å². The first kappa shape index (κ1) is 31.0. The van der Waals surface area contributed by atoms with Crippen LogP contribution in [0.5, 0.6) is 0 Å². The maximum absolute atomic E-state index is 11.5. The first-order valence-electron chi connectivity index (χ1n) is 5.81. The number of nitro groups is 1. The summed E-state index contributed by atoms with van der Waals surface area (Å²) in [6.45, 7) is 0. The molecule has 0 atom stereocenters. The summed E-state index contributed by atoms with van der Waals surface area (Å²) < 4.78 is 95.1. The molecule has 0 aliphatic carbocycles. The van der Waals surface area contributed by atoms with E-state index in [-0.39, 0.29) is 94.7 Å². The van der Waals surface area contributed by atoms with E-state index in [4.69, 9.17) is 9.11 Å². The third kappa shape index (κ3) is 6.93. The van der Waals surface area contributed by atoms with Gasteiger partial charge in [-0.3, -0.25) is 23.8 Å². The SMILES string of the molecule is O=[N+]([O-])c1cc(S(=O)(=O)O)cc2cc(S(=O)(=O)O)cc(S(=O)(=O)O)c12.[NaH].[NaH].[NaH]. The average molecular weight is 485 g/mol. The van der Waals surface area contributed by atoms with Crippen molar-refractivity contribution in [3.05, 3.63) is 34.4 Å². The number of non-ortho nitro benzene ring substituents is 1. The van der Waals surface area contributed by atoms with Gasteiger partial charge in [0.05, 0.1) is 15.2 Å². The van der Waals surface area contributed by atoms with Crippen molar-refractivity contribution in [2.75, 3.05) is 0 Å². The van der Waals surface area contributed by atoms with Crippen LogP contribution in [0.3, 0.4) is 0 Å². The van der Waals surface area contributed by atoms with E-state index in [9.17, 15) is 39.9 Å². The second-order valence-electron chi connectivity index (χ2n) is 4.64. The Morgan fingerprint density at radius 1 is 0.714 bits per heavy atom. The van der Waals surface area contributed by atoms with Crippen LogP contribution in [-0.2, 0) is 30.4 Å². The van der Waals surface area contributed by atoms with Crippen molar-refractivity contribution in [2.45, 2.75) is 14.7 Å². The van der Waals surface area contributed by atoms with Crippen LogP contribution in [0.1, 0.15) is 0 Å². The Morgan fingerprint density at radius 2 is 1.11 bits per heavy atom. The summed E-state index contributed by atoms with van der Waals surface area (Å²) in [5, 5.41) is 9.68. The van der Waals surface area contributed by atoms with Gasteiger partial charge in [-0.05, 0) is 23.6 Å². The summed E-state index contributed by atoms with van der Waals surface area (Å²) in [5.74, 6) is 0. The Bertz CT molecular complexity index is 1240. The zero-order valence-corrected chi connectivity index (χ0v) is 14.0. The van der Waals surface area contributed by atoms with E-state index in [0.29, 0.717) is 18.2 Å². The van der Waals surface area contributed by atoms with Gasteiger partial charge in [-0.25, -0.2) is 0 Å².